The zero-order chi connectivity index (χ0) is 14.0. The van der Waals surface area contributed by atoms with Crippen molar-refractivity contribution in [3.05, 3.63) is 11.9 Å². The number of aryl methyl sites for hydroxylation is 1. The van der Waals surface area contributed by atoms with E-state index in [1.807, 2.05) is 26.8 Å². The zero-order valence-corrected chi connectivity index (χ0v) is 11.8. The number of nitrogens with zero attached hydrogens (tertiary/aromatic N) is 5. The average Bonchev–Trinajstić information content (AvgIpc) is 2.74. The van der Waals surface area contributed by atoms with Crippen LogP contribution in [0.4, 0.5) is 4.79 Å². The van der Waals surface area contributed by atoms with E-state index >= 15 is 0 Å². The topological polar surface area (TPSA) is 73.1 Å². The van der Waals surface area contributed by atoms with Gasteiger partial charge in [0.1, 0.15) is 5.60 Å². The minimum absolute atomic E-state index is 0.282. The normalized spacial score (nSPS) is 16.2. The van der Waals surface area contributed by atoms with Gasteiger partial charge in [-0.25, -0.2) is 4.79 Å². The van der Waals surface area contributed by atoms with Crippen LogP contribution in [0.5, 0.6) is 0 Å². The number of hydrogen-bond acceptors (Lipinski definition) is 5. The molecule has 0 saturated carbocycles. The summed E-state index contributed by atoms with van der Waals surface area (Å²) in [6.07, 6.45) is 2.38. The summed E-state index contributed by atoms with van der Waals surface area (Å²) in [4.78, 5) is 15.0. The highest BCUT2D eigenvalue weighted by Crippen LogP contribution is 2.20. The minimum Gasteiger partial charge on any atom is -0.444 e. The summed E-state index contributed by atoms with van der Waals surface area (Å²) in [6, 6.07) is 0. The van der Waals surface area contributed by atoms with Crippen molar-refractivity contribution < 1.29 is 9.53 Å². The highest BCUT2D eigenvalue weighted by molar-refractivity contribution is 5.71. The maximum atomic E-state index is 11.9. The van der Waals surface area contributed by atoms with Crippen LogP contribution >= 0.6 is 0 Å². The smallest absolute Gasteiger partial charge is 0.410 e. The fraction of sp³-hybridized carbons (Fsp3) is 0.667. The SMILES string of the molecule is Cn1nnc(C2=CCN(C(=O)OC(C)(C)C)CC2)n1. The van der Waals surface area contributed by atoms with Crippen molar-refractivity contribution in [3.8, 4) is 0 Å². The van der Waals surface area contributed by atoms with Gasteiger partial charge in [0.15, 0.2) is 0 Å². The molecule has 1 aliphatic rings. The summed E-state index contributed by atoms with van der Waals surface area (Å²) in [7, 11) is 1.73. The molecule has 2 heterocycles. The Morgan fingerprint density at radius 3 is 2.63 bits per heavy atom. The van der Waals surface area contributed by atoms with Crippen molar-refractivity contribution in [1.29, 1.82) is 0 Å². The third-order valence-electron chi connectivity index (χ3n) is 2.66. The Bertz CT molecular complexity index is 500. The molecule has 0 spiro atoms. The van der Waals surface area contributed by atoms with Crippen molar-refractivity contribution in [2.24, 2.45) is 7.05 Å². The lowest BCUT2D eigenvalue weighted by atomic mass is 10.1. The van der Waals surface area contributed by atoms with Gasteiger partial charge < -0.3 is 9.64 Å². The van der Waals surface area contributed by atoms with Crippen molar-refractivity contribution in [1.82, 2.24) is 25.1 Å². The molecule has 2 rings (SSSR count). The number of aromatic nitrogens is 4. The van der Waals surface area contributed by atoms with Crippen molar-refractivity contribution in [3.63, 3.8) is 0 Å². The highest BCUT2D eigenvalue weighted by atomic mass is 16.6. The standard InChI is InChI=1S/C12H19N5O2/c1-12(2,3)19-11(18)17-7-5-9(6-8-17)10-13-15-16(4)14-10/h5H,6-8H2,1-4H3. The summed E-state index contributed by atoms with van der Waals surface area (Å²) in [5, 5.41) is 11.9. The largest absolute Gasteiger partial charge is 0.444 e. The Morgan fingerprint density at radius 2 is 2.16 bits per heavy atom. The van der Waals surface area contributed by atoms with Gasteiger partial charge in [0.25, 0.3) is 0 Å². The molecule has 0 unspecified atom stereocenters. The van der Waals surface area contributed by atoms with Gasteiger partial charge in [-0.05, 0) is 32.4 Å². The Labute approximate surface area is 112 Å². The molecule has 0 aromatic carbocycles. The molecule has 1 aromatic heterocycles. The second-order valence-corrected chi connectivity index (χ2v) is 5.51. The van der Waals surface area contributed by atoms with E-state index in [9.17, 15) is 4.79 Å². The molecular formula is C12H19N5O2. The monoisotopic (exact) mass is 265 g/mol. The molecule has 0 saturated heterocycles. The van der Waals surface area contributed by atoms with Crippen LogP contribution in [0.15, 0.2) is 6.08 Å². The van der Waals surface area contributed by atoms with Crippen LogP contribution in [-0.2, 0) is 11.8 Å². The summed E-state index contributed by atoms with van der Waals surface area (Å²) < 4.78 is 5.33. The molecule has 1 aliphatic heterocycles. The second-order valence-electron chi connectivity index (χ2n) is 5.51. The molecular weight excluding hydrogens is 246 g/mol. The first kappa shape index (κ1) is 13.5. The number of carbonyl (C=O) groups excluding carboxylic acids is 1. The zero-order valence-electron chi connectivity index (χ0n) is 11.8. The van der Waals surface area contributed by atoms with Crippen LogP contribution in [0.25, 0.3) is 5.57 Å². The Kier molecular flexibility index (Phi) is 3.55. The van der Waals surface area contributed by atoms with Crippen molar-refractivity contribution >= 4 is 11.7 Å². The number of tetrazole rings is 1. The fourth-order valence-electron chi connectivity index (χ4n) is 1.78. The fourth-order valence-corrected chi connectivity index (χ4v) is 1.78. The van der Waals surface area contributed by atoms with Gasteiger partial charge in [0.2, 0.25) is 5.82 Å². The van der Waals surface area contributed by atoms with E-state index in [1.165, 1.54) is 4.80 Å². The molecule has 7 heteroatoms. The average molecular weight is 265 g/mol. The molecule has 104 valence electrons. The molecule has 0 radical (unpaired) electrons. The molecule has 1 amide bonds. The number of ether oxygens (including phenoxy) is 1. The molecule has 0 atom stereocenters. The molecule has 0 bridgehead atoms. The van der Waals surface area contributed by atoms with E-state index in [2.05, 4.69) is 15.4 Å². The molecule has 0 aliphatic carbocycles. The highest BCUT2D eigenvalue weighted by Gasteiger charge is 2.24. The van der Waals surface area contributed by atoms with Gasteiger partial charge in [-0.3, -0.25) is 0 Å². The second kappa shape index (κ2) is 4.99. The van der Waals surface area contributed by atoms with Gasteiger partial charge in [-0.2, -0.15) is 4.80 Å². The third-order valence-corrected chi connectivity index (χ3v) is 2.66. The van der Waals surface area contributed by atoms with Gasteiger partial charge in [-0.1, -0.05) is 6.08 Å². The summed E-state index contributed by atoms with van der Waals surface area (Å²) >= 11 is 0. The van der Waals surface area contributed by atoms with Crippen LogP contribution in [0.3, 0.4) is 0 Å². The summed E-state index contributed by atoms with van der Waals surface area (Å²) in [5.74, 6) is 0.631. The van der Waals surface area contributed by atoms with Crippen LogP contribution in [0.2, 0.25) is 0 Å². The summed E-state index contributed by atoms with van der Waals surface area (Å²) in [6.45, 7) is 6.71. The molecule has 19 heavy (non-hydrogen) atoms. The molecule has 0 N–H and O–H groups in total. The first-order chi connectivity index (χ1) is 8.85. The first-order valence-corrected chi connectivity index (χ1v) is 6.26. The van der Waals surface area contributed by atoms with Crippen molar-refractivity contribution in [2.75, 3.05) is 13.1 Å². The maximum absolute atomic E-state index is 11.9. The Balaban J connectivity index is 1.98. The minimum atomic E-state index is -0.465. The lowest BCUT2D eigenvalue weighted by Crippen LogP contribution is -2.39. The van der Waals surface area contributed by atoms with E-state index in [1.54, 1.807) is 11.9 Å². The Morgan fingerprint density at radius 1 is 1.42 bits per heavy atom. The van der Waals surface area contributed by atoms with Crippen molar-refractivity contribution in [2.45, 2.75) is 32.8 Å². The first-order valence-electron chi connectivity index (χ1n) is 6.26. The van der Waals surface area contributed by atoms with Crippen LogP contribution in [-0.4, -0.2) is 49.9 Å². The van der Waals surface area contributed by atoms with Crippen LogP contribution in [0, 0.1) is 0 Å². The number of hydrogen-bond donors (Lipinski definition) is 0. The molecule has 0 fully saturated rings. The summed E-state index contributed by atoms with van der Waals surface area (Å²) in [5.41, 5.74) is 0.556. The lowest BCUT2D eigenvalue weighted by molar-refractivity contribution is 0.0270. The maximum Gasteiger partial charge on any atom is 0.410 e. The number of amides is 1. The quantitative estimate of drug-likeness (QED) is 0.763. The van der Waals surface area contributed by atoms with E-state index in [0.717, 1.165) is 5.57 Å². The predicted molar refractivity (Wildman–Crippen MR) is 69.2 cm³/mol. The predicted octanol–water partition coefficient (Wildman–Crippen LogP) is 1.23. The molecule has 1 aromatic rings. The van der Waals surface area contributed by atoms with Gasteiger partial charge in [0.05, 0.1) is 7.05 Å². The van der Waals surface area contributed by atoms with Gasteiger partial charge >= 0.3 is 6.09 Å². The lowest BCUT2D eigenvalue weighted by Gasteiger charge is -2.29. The van der Waals surface area contributed by atoms with Crippen LogP contribution < -0.4 is 0 Å². The van der Waals surface area contributed by atoms with Crippen LogP contribution in [0.1, 0.15) is 33.0 Å². The van der Waals surface area contributed by atoms with E-state index < -0.39 is 5.60 Å². The third kappa shape index (κ3) is 3.52. The van der Waals surface area contributed by atoms with E-state index in [4.69, 9.17) is 4.74 Å². The number of rotatable bonds is 1. The van der Waals surface area contributed by atoms with Gasteiger partial charge in [0, 0.05) is 18.7 Å². The van der Waals surface area contributed by atoms with E-state index in [0.29, 0.717) is 25.3 Å². The Hall–Kier alpha value is -1.92. The number of carbonyl (C=O) groups is 1. The van der Waals surface area contributed by atoms with Gasteiger partial charge in [-0.15, -0.1) is 10.2 Å². The molecule has 7 nitrogen and oxygen atoms in total. The van der Waals surface area contributed by atoms with E-state index in [-0.39, 0.29) is 6.09 Å².